The summed E-state index contributed by atoms with van der Waals surface area (Å²) in [4.78, 5) is 15.6. The number of rotatable bonds is 5. The van der Waals surface area contributed by atoms with Crippen LogP contribution in [0.5, 0.6) is 0 Å². The minimum Gasteiger partial charge on any atom is -0.449 e. The van der Waals surface area contributed by atoms with Gasteiger partial charge >= 0.3 is 6.09 Å². The van der Waals surface area contributed by atoms with E-state index in [-0.39, 0.29) is 6.09 Å². The molecule has 1 aromatic carbocycles. The zero-order valence-electron chi connectivity index (χ0n) is 20.1. The van der Waals surface area contributed by atoms with Gasteiger partial charge in [-0.3, -0.25) is 10.2 Å². The molecule has 1 aromatic rings. The van der Waals surface area contributed by atoms with E-state index in [0.29, 0.717) is 29.0 Å². The zero-order chi connectivity index (χ0) is 22.1. The fraction of sp³-hybridized carbons (Fsp3) is 0.750. The molecule has 3 saturated heterocycles. The predicted molar refractivity (Wildman–Crippen MR) is 127 cm³/mol. The normalized spacial score (nSPS) is 45.7. The van der Waals surface area contributed by atoms with Gasteiger partial charge in [0.15, 0.2) is 0 Å². The molecule has 8 atom stereocenters. The molecule has 0 radical (unpaired) electrons. The maximum absolute atomic E-state index is 12.6. The average Bonchev–Trinajstić information content (AvgIpc) is 3.24. The third-order valence-electron chi connectivity index (χ3n) is 11.1. The molecule has 1 spiro atoms. The summed E-state index contributed by atoms with van der Waals surface area (Å²) in [5.41, 5.74) is 1.95. The van der Waals surface area contributed by atoms with Crippen molar-refractivity contribution in [2.24, 2.45) is 34.5 Å². The summed E-state index contributed by atoms with van der Waals surface area (Å²) >= 11 is 0. The third-order valence-corrected chi connectivity index (χ3v) is 11.1. The van der Waals surface area contributed by atoms with E-state index >= 15 is 0 Å². The molecular weight excluding hydrogens is 396 g/mol. The first-order valence-electron chi connectivity index (χ1n) is 13.2. The molecule has 1 amide bonds. The summed E-state index contributed by atoms with van der Waals surface area (Å²) in [5.74, 6) is 3.12. The Bertz CT molecular complexity index is 887. The van der Waals surface area contributed by atoms with Crippen molar-refractivity contribution in [3.63, 3.8) is 0 Å². The summed E-state index contributed by atoms with van der Waals surface area (Å²) in [7, 11) is 0. The van der Waals surface area contributed by atoms with Crippen LogP contribution in [-0.2, 0) is 4.74 Å². The number of nitrogens with one attached hydrogen (secondary N) is 1. The topological polar surface area (TPSA) is 41.6 Å². The highest BCUT2D eigenvalue weighted by atomic mass is 16.5. The Kier molecular flexibility index (Phi) is 4.74. The van der Waals surface area contributed by atoms with Crippen LogP contribution in [0.4, 0.5) is 10.5 Å². The van der Waals surface area contributed by atoms with Gasteiger partial charge in [0.05, 0.1) is 6.61 Å². The van der Waals surface area contributed by atoms with Gasteiger partial charge in [-0.2, -0.15) is 0 Å². The SMILES string of the molecule is CC(C)[C@H]1CC[C@@]2(C)[C@H]3CC[C@]45CCC[C@H]4[C@@]2(CCOC(=O)Nc2ccccc2)[C@H]1N5C3. The number of para-hydroxylation sites is 1. The number of amides is 1. The standard InChI is InChI=1S/C28H40N2O2/c1-19(2)22-12-14-26(3)20-11-15-27-13-7-10-23(27)28(26,24(22)30(27)18-20)16-17-32-25(31)29-21-8-5-4-6-9-21/h4-6,8-9,19-20,22-24H,7,10-18H2,1-3H3,(H,29,31)/t20-,22+,23+,24-,26-,27+,28-/m0/s1. The first kappa shape index (κ1) is 21.0. The highest BCUT2D eigenvalue weighted by molar-refractivity contribution is 5.84. The van der Waals surface area contributed by atoms with E-state index in [1.54, 1.807) is 0 Å². The zero-order valence-corrected chi connectivity index (χ0v) is 20.1. The smallest absolute Gasteiger partial charge is 0.411 e. The number of piperidine rings is 2. The van der Waals surface area contributed by atoms with Crippen LogP contribution in [0.2, 0.25) is 0 Å². The van der Waals surface area contributed by atoms with Crippen molar-refractivity contribution in [1.82, 2.24) is 4.90 Å². The lowest BCUT2D eigenvalue weighted by Crippen LogP contribution is -2.68. The Balaban J connectivity index is 1.30. The second-order valence-electron chi connectivity index (χ2n) is 12.2. The van der Waals surface area contributed by atoms with Crippen molar-refractivity contribution in [2.75, 3.05) is 18.5 Å². The molecule has 2 aliphatic carbocycles. The molecule has 1 unspecified atom stereocenters. The molecule has 5 bridgehead atoms. The number of benzene rings is 1. The van der Waals surface area contributed by atoms with Crippen molar-refractivity contribution < 1.29 is 9.53 Å². The predicted octanol–water partition coefficient (Wildman–Crippen LogP) is 6.33. The molecule has 3 aliphatic heterocycles. The second-order valence-corrected chi connectivity index (χ2v) is 12.2. The van der Waals surface area contributed by atoms with Crippen LogP contribution in [0.25, 0.3) is 0 Å². The first-order valence-corrected chi connectivity index (χ1v) is 13.2. The molecule has 5 aliphatic rings. The maximum Gasteiger partial charge on any atom is 0.411 e. The van der Waals surface area contributed by atoms with E-state index in [4.69, 9.17) is 4.74 Å². The molecule has 1 N–H and O–H groups in total. The van der Waals surface area contributed by atoms with E-state index < -0.39 is 0 Å². The molecular formula is C28H40N2O2. The van der Waals surface area contributed by atoms with Crippen molar-refractivity contribution in [2.45, 2.75) is 83.7 Å². The summed E-state index contributed by atoms with van der Waals surface area (Å²) in [6, 6.07) is 10.3. The summed E-state index contributed by atoms with van der Waals surface area (Å²) in [5, 5.41) is 2.91. The minimum absolute atomic E-state index is 0.307. The van der Waals surface area contributed by atoms with Gasteiger partial charge in [-0.15, -0.1) is 0 Å². The van der Waals surface area contributed by atoms with Gasteiger partial charge < -0.3 is 4.74 Å². The number of nitrogens with zero attached hydrogens (tertiary/aromatic N) is 1. The van der Waals surface area contributed by atoms with Gasteiger partial charge in [-0.1, -0.05) is 45.4 Å². The van der Waals surface area contributed by atoms with Crippen molar-refractivity contribution >= 4 is 11.8 Å². The number of anilines is 1. The number of carbonyl (C=O) groups excluding carboxylic acids is 1. The largest absolute Gasteiger partial charge is 0.449 e. The number of fused-ring (bicyclic) bond motifs is 2. The van der Waals surface area contributed by atoms with Crippen molar-refractivity contribution in [3.8, 4) is 0 Å². The molecule has 4 heteroatoms. The highest BCUT2D eigenvalue weighted by Crippen LogP contribution is 2.79. The van der Waals surface area contributed by atoms with Gasteiger partial charge in [0.2, 0.25) is 0 Å². The van der Waals surface area contributed by atoms with Crippen LogP contribution in [0.1, 0.15) is 72.1 Å². The van der Waals surface area contributed by atoms with Gasteiger partial charge in [0.25, 0.3) is 0 Å². The Hall–Kier alpha value is -1.55. The van der Waals surface area contributed by atoms with Crippen molar-refractivity contribution in [1.29, 1.82) is 0 Å². The lowest BCUT2D eigenvalue weighted by molar-refractivity contribution is -0.184. The average molecular weight is 437 g/mol. The van der Waals surface area contributed by atoms with Crippen LogP contribution in [-0.4, -0.2) is 35.7 Å². The molecule has 2 saturated carbocycles. The molecule has 174 valence electrons. The molecule has 3 heterocycles. The molecule has 5 fully saturated rings. The maximum atomic E-state index is 12.6. The molecule has 32 heavy (non-hydrogen) atoms. The van der Waals surface area contributed by atoms with Gasteiger partial charge in [-0.25, -0.2) is 4.79 Å². The monoisotopic (exact) mass is 436 g/mol. The quantitative estimate of drug-likeness (QED) is 0.586. The van der Waals surface area contributed by atoms with Crippen LogP contribution in [0, 0.1) is 34.5 Å². The van der Waals surface area contributed by atoms with Gasteiger partial charge in [0, 0.05) is 23.8 Å². The fourth-order valence-electron chi connectivity index (χ4n) is 9.99. The second kappa shape index (κ2) is 7.22. The lowest BCUT2D eigenvalue weighted by atomic mass is 9.42. The molecule has 6 rings (SSSR count). The Morgan fingerprint density at radius 1 is 1.16 bits per heavy atom. The fourth-order valence-corrected chi connectivity index (χ4v) is 9.99. The van der Waals surface area contributed by atoms with E-state index in [1.807, 2.05) is 30.3 Å². The van der Waals surface area contributed by atoms with Crippen LogP contribution in [0.3, 0.4) is 0 Å². The van der Waals surface area contributed by atoms with Gasteiger partial charge in [0.1, 0.15) is 0 Å². The first-order chi connectivity index (χ1) is 15.4. The van der Waals surface area contributed by atoms with E-state index in [1.165, 1.54) is 51.5 Å². The number of hydrogen-bond acceptors (Lipinski definition) is 3. The summed E-state index contributed by atoms with van der Waals surface area (Å²) in [6.45, 7) is 9.43. The summed E-state index contributed by atoms with van der Waals surface area (Å²) in [6.07, 6.45) is 10.5. The van der Waals surface area contributed by atoms with Crippen LogP contribution in [0.15, 0.2) is 30.3 Å². The number of ether oxygens (including phenoxy) is 1. The number of carbonyl (C=O) groups is 1. The third kappa shape index (κ3) is 2.56. The molecule has 0 aromatic heterocycles. The Morgan fingerprint density at radius 3 is 2.75 bits per heavy atom. The lowest BCUT2D eigenvalue weighted by Gasteiger charge is -2.67. The minimum atomic E-state index is -0.307. The summed E-state index contributed by atoms with van der Waals surface area (Å²) < 4.78 is 5.87. The highest BCUT2D eigenvalue weighted by Gasteiger charge is 2.79. The van der Waals surface area contributed by atoms with E-state index in [0.717, 1.165) is 35.8 Å². The van der Waals surface area contributed by atoms with Gasteiger partial charge in [-0.05, 0) is 91.6 Å². The van der Waals surface area contributed by atoms with Crippen LogP contribution >= 0.6 is 0 Å². The van der Waals surface area contributed by atoms with E-state index in [2.05, 4.69) is 31.0 Å². The Morgan fingerprint density at radius 2 is 1.97 bits per heavy atom. The number of hydrogen-bond donors (Lipinski definition) is 1. The Labute approximate surface area is 193 Å². The van der Waals surface area contributed by atoms with E-state index in [9.17, 15) is 4.79 Å². The molecule has 4 nitrogen and oxygen atoms in total. The van der Waals surface area contributed by atoms with Crippen molar-refractivity contribution in [3.05, 3.63) is 30.3 Å². The van der Waals surface area contributed by atoms with Crippen LogP contribution < -0.4 is 5.32 Å².